The summed E-state index contributed by atoms with van der Waals surface area (Å²) >= 11 is 1.97. The van der Waals surface area contributed by atoms with Crippen LogP contribution >= 0.6 is 11.3 Å². The zero-order valence-corrected chi connectivity index (χ0v) is 19.8. The fourth-order valence-electron chi connectivity index (χ4n) is 5.25. The highest BCUT2D eigenvalue weighted by atomic mass is 32.1. The first-order chi connectivity index (χ1) is 15.9. The lowest BCUT2D eigenvalue weighted by molar-refractivity contribution is -0.159. The molecule has 0 amide bonds. The topological polar surface area (TPSA) is 95.7 Å². The molecule has 5 rings (SSSR count). The molecule has 3 heterocycles. The van der Waals surface area contributed by atoms with Crippen LogP contribution in [-0.2, 0) is 16.0 Å². The SMILES string of the molecule is Cc1nc2ccccc2n1C1CCN(CCC2CCCc3sccc32)CC1.O=C(O)C(=O)O. The maximum absolute atomic E-state index is 9.10. The van der Waals surface area contributed by atoms with Gasteiger partial charge in [-0.05, 0) is 87.1 Å². The molecule has 2 aliphatic rings. The fourth-order valence-corrected chi connectivity index (χ4v) is 6.26. The summed E-state index contributed by atoms with van der Waals surface area (Å²) in [5.41, 5.74) is 4.11. The van der Waals surface area contributed by atoms with E-state index in [1.165, 1.54) is 69.5 Å². The van der Waals surface area contributed by atoms with E-state index < -0.39 is 11.9 Å². The van der Waals surface area contributed by atoms with Crippen molar-refractivity contribution < 1.29 is 19.8 Å². The Bertz CT molecular complexity index is 1100. The van der Waals surface area contributed by atoms with Gasteiger partial charge in [0.25, 0.3) is 0 Å². The molecule has 1 fully saturated rings. The lowest BCUT2D eigenvalue weighted by Gasteiger charge is -2.34. The first-order valence-corrected chi connectivity index (χ1v) is 12.5. The van der Waals surface area contributed by atoms with Crippen molar-refractivity contribution in [2.24, 2.45) is 0 Å². The molecule has 1 atom stereocenters. The van der Waals surface area contributed by atoms with E-state index in [1.807, 2.05) is 11.3 Å². The number of hydrogen-bond acceptors (Lipinski definition) is 5. The average Bonchev–Trinajstić information content (AvgIpc) is 3.42. The first kappa shape index (κ1) is 23.4. The van der Waals surface area contributed by atoms with E-state index in [2.05, 4.69) is 52.1 Å². The molecule has 7 nitrogen and oxygen atoms in total. The van der Waals surface area contributed by atoms with Crippen LogP contribution in [0.5, 0.6) is 0 Å². The van der Waals surface area contributed by atoms with Gasteiger partial charge in [0.15, 0.2) is 0 Å². The van der Waals surface area contributed by atoms with Crippen LogP contribution in [0.2, 0.25) is 0 Å². The van der Waals surface area contributed by atoms with E-state index in [0.717, 1.165) is 11.4 Å². The Morgan fingerprint density at radius 1 is 1.09 bits per heavy atom. The van der Waals surface area contributed by atoms with Crippen molar-refractivity contribution in [2.45, 2.75) is 57.4 Å². The molecule has 1 aromatic carbocycles. The number of aromatic nitrogens is 2. The van der Waals surface area contributed by atoms with E-state index in [-0.39, 0.29) is 0 Å². The molecule has 2 N–H and O–H groups in total. The Labute approximate surface area is 197 Å². The molecule has 1 saturated heterocycles. The second-order valence-corrected chi connectivity index (χ2v) is 9.88. The minimum absolute atomic E-state index is 0.604. The van der Waals surface area contributed by atoms with Gasteiger partial charge in [-0.25, -0.2) is 14.6 Å². The number of likely N-dealkylation sites (tertiary alicyclic amines) is 1. The Morgan fingerprint density at radius 3 is 2.55 bits per heavy atom. The van der Waals surface area contributed by atoms with Crippen molar-refractivity contribution >= 4 is 34.3 Å². The van der Waals surface area contributed by atoms with Crippen molar-refractivity contribution in [1.82, 2.24) is 14.5 Å². The smallest absolute Gasteiger partial charge is 0.414 e. The van der Waals surface area contributed by atoms with E-state index in [0.29, 0.717) is 6.04 Å². The molecule has 2 aromatic heterocycles. The number of benzene rings is 1. The predicted molar refractivity (Wildman–Crippen MR) is 129 cm³/mol. The number of carboxylic acids is 2. The highest BCUT2D eigenvalue weighted by molar-refractivity contribution is 7.10. The summed E-state index contributed by atoms with van der Waals surface area (Å²) in [4.78, 5) is 27.3. The molecule has 8 heteroatoms. The van der Waals surface area contributed by atoms with Crippen LogP contribution in [0, 0.1) is 6.92 Å². The molecule has 0 saturated carbocycles. The van der Waals surface area contributed by atoms with Crippen LogP contribution in [0.4, 0.5) is 0 Å². The lowest BCUT2D eigenvalue weighted by atomic mass is 9.85. The van der Waals surface area contributed by atoms with Crippen molar-refractivity contribution in [3.63, 3.8) is 0 Å². The van der Waals surface area contributed by atoms with E-state index in [4.69, 9.17) is 24.8 Å². The number of thiophene rings is 1. The van der Waals surface area contributed by atoms with Gasteiger partial charge in [0.1, 0.15) is 5.82 Å². The molecule has 0 bridgehead atoms. The van der Waals surface area contributed by atoms with E-state index >= 15 is 0 Å². The lowest BCUT2D eigenvalue weighted by Crippen LogP contribution is -2.36. The Hall–Kier alpha value is -2.71. The molecule has 1 aliphatic carbocycles. The first-order valence-electron chi connectivity index (χ1n) is 11.6. The predicted octanol–water partition coefficient (Wildman–Crippen LogP) is 4.71. The third-order valence-electron chi connectivity index (χ3n) is 6.85. The van der Waals surface area contributed by atoms with Gasteiger partial charge in [-0.15, -0.1) is 11.3 Å². The summed E-state index contributed by atoms with van der Waals surface area (Å²) in [6.07, 6.45) is 7.91. The number of rotatable bonds is 4. The second-order valence-electron chi connectivity index (χ2n) is 8.88. The van der Waals surface area contributed by atoms with Crippen molar-refractivity contribution in [2.75, 3.05) is 19.6 Å². The summed E-state index contributed by atoms with van der Waals surface area (Å²) in [6, 6.07) is 11.6. The summed E-state index contributed by atoms with van der Waals surface area (Å²) in [5.74, 6) is -1.68. The second kappa shape index (κ2) is 10.5. The van der Waals surface area contributed by atoms with Gasteiger partial charge in [0.05, 0.1) is 11.0 Å². The number of nitrogens with zero attached hydrogens (tertiary/aromatic N) is 3. The van der Waals surface area contributed by atoms with Gasteiger partial charge in [0.2, 0.25) is 0 Å². The molecular weight excluding hydrogens is 438 g/mol. The number of imidazole rings is 1. The normalized spacial score (nSPS) is 19.0. The van der Waals surface area contributed by atoms with Crippen LogP contribution in [0.15, 0.2) is 35.7 Å². The summed E-state index contributed by atoms with van der Waals surface area (Å²) in [7, 11) is 0. The third-order valence-corrected chi connectivity index (χ3v) is 7.84. The van der Waals surface area contributed by atoms with Crippen LogP contribution in [0.3, 0.4) is 0 Å². The van der Waals surface area contributed by atoms with Crippen LogP contribution in [0.1, 0.15) is 60.3 Å². The maximum Gasteiger partial charge on any atom is 0.414 e. The number of carboxylic acid groups (broad SMARTS) is 2. The Kier molecular flexibility index (Phi) is 7.45. The summed E-state index contributed by atoms with van der Waals surface area (Å²) < 4.78 is 2.49. The van der Waals surface area contributed by atoms with Crippen LogP contribution in [-0.4, -0.2) is 56.2 Å². The largest absolute Gasteiger partial charge is 0.473 e. The highest BCUT2D eigenvalue weighted by Gasteiger charge is 2.25. The minimum atomic E-state index is -1.82. The van der Waals surface area contributed by atoms with Crippen molar-refractivity contribution in [1.29, 1.82) is 0 Å². The monoisotopic (exact) mass is 469 g/mol. The number of carbonyl (C=O) groups is 2. The molecular formula is C25H31N3O4S. The van der Waals surface area contributed by atoms with Crippen LogP contribution < -0.4 is 0 Å². The van der Waals surface area contributed by atoms with Gasteiger partial charge in [-0.1, -0.05) is 12.1 Å². The molecule has 176 valence electrons. The molecule has 3 aromatic rings. The van der Waals surface area contributed by atoms with Crippen molar-refractivity contribution in [3.05, 3.63) is 52.0 Å². The van der Waals surface area contributed by atoms with Gasteiger partial charge in [-0.2, -0.15) is 0 Å². The fraction of sp³-hybridized carbons (Fsp3) is 0.480. The standard InChI is InChI=1S/C23H29N3S.C2H2O4/c1-17-24-21-6-2-3-7-22(21)26(17)19-10-14-25(15-11-19)13-9-18-5-4-8-23-20(18)12-16-27-23;3-1(4)2(5)6/h2-3,6-7,12,16,18-19H,4-5,8-11,13-15H2,1H3;(H,3,4)(H,5,6). The molecule has 33 heavy (non-hydrogen) atoms. The average molecular weight is 470 g/mol. The Morgan fingerprint density at radius 2 is 1.82 bits per heavy atom. The zero-order valence-electron chi connectivity index (χ0n) is 18.9. The van der Waals surface area contributed by atoms with Gasteiger partial charge >= 0.3 is 11.9 Å². The number of aliphatic carboxylic acids is 2. The number of fused-ring (bicyclic) bond motifs is 2. The summed E-state index contributed by atoms with van der Waals surface area (Å²) in [6.45, 7) is 5.86. The number of para-hydroxylation sites is 2. The van der Waals surface area contributed by atoms with Crippen molar-refractivity contribution in [3.8, 4) is 0 Å². The summed E-state index contributed by atoms with van der Waals surface area (Å²) in [5, 5.41) is 17.1. The quantitative estimate of drug-likeness (QED) is 0.538. The van der Waals surface area contributed by atoms with E-state index in [9.17, 15) is 0 Å². The van der Waals surface area contributed by atoms with Crippen LogP contribution in [0.25, 0.3) is 11.0 Å². The third kappa shape index (κ3) is 5.45. The number of aryl methyl sites for hydroxylation is 2. The molecule has 0 radical (unpaired) electrons. The van der Waals surface area contributed by atoms with Gasteiger partial charge in [0, 0.05) is 24.0 Å². The maximum atomic E-state index is 9.10. The van der Waals surface area contributed by atoms with E-state index in [1.54, 1.807) is 10.4 Å². The van der Waals surface area contributed by atoms with Gasteiger partial charge < -0.3 is 19.7 Å². The molecule has 0 spiro atoms. The molecule has 1 aliphatic heterocycles. The number of piperidine rings is 1. The molecule has 1 unspecified atom stereocenters. The van der Waals surface area contributed by atoms with Gasteiger partial charge in [-0.3, -0.25) is 0 Å². The highest BCUT2D eigenvalue weighted by Crippen LogP contribution is 2.37. The number of hydrogen-bond donors (Lipinski definition) is 2. The zero-order chi connectivity index (χ0) is 23.4. The minimum Gasteiger partial charge on any atom is -0.473 e. The Balaban J connectivity index is 0.000000385.